The Kier molecular flexibility index (Phi) is 5.15. The number of thioether (sulfide) groups is 1. The van der Waals surface area contributed by atoms with E-state index in [1.807, 2.05) is 49.4 Å². The fraction of sp³-hybridized carbons (Fsp3) is 0.143. The second-order valence-corrected chi connectivity index (χ2v) is 7.80. The number of halogens is 1. The SMILES string of the molecule is C=C(Cl)CSC1=N/C(=C\c2ccc3c(c2)OCO3)C(=O)N1c1ccc(C)cc1. The number of aliphatic imine (C=N–C) groups is 1. The standard InChI is InChI=1S/C21H17ClN2O3S/c1-13-3-6-16(7-4-13)24-20(25)17(23-21(24)28-11-14(2)22)9-15-5-8-18-19(10-15)27-12-26-18/h3-10H,2,11-12H2,1H3/b17-9-. The number of benzene rings is 2. The molecule has 0 unspecified atom stereocenters. The number of amidine groups is 1. The lowest BCUT2D eigenvalue weighted by Crippen LogP contribution is -2.30. The number of aryl methyl sites for hydroxylation is 1. The highest BCUT2D eigenvalue weighted by molar-refractivity contribution is 8.14. The predicted octanol–water partition coefficient (Wildman–Crippen LogP) is 4.95. The van der Waals surface area contributed by atoms with Gasteiger partial charge in [-0.3, -0.25) is 9.69 Å². The van der Waals surface area contributed by atoms with Gasteiger partial charge in [-0.05, 0) is 42.8 Å². The smallest absolute Gasteiger partial charge is 0.283 e. The van der Waals surface area contributed by atoms with Crippen LogP contribution in [0, 0.1) is 6.92 Å². The number of hydrogen-bond donors (Lipinski definition) is 0. The Morgan fingerprint density at radius 2 is 2.00 bits per heavy atom. The largest absolute Gasteiger partial charge is 0.454 e. The van der Waals surface area contributed by atoms with E-state index in [-0.39, 0.29) is 12.7 Å². The minimum absolute atomic E-state index is 0.191. The molecule has 0 bridgehead atoms. The number of hydrogen-bond acceptors (Lipinski definition) is 5. The van der Waals surface area contributed by atoms with Crippen LogP contribution in [-0.2, 0) is 4.79 Å². The van der Waals surface area contributed by atoms with E-state index < -0.39 is 0 Å². The predicted molar refractivity (Wildman–Crippen MR) is 114 cm³/mol. The van der Waals surface area contributed by atoms with Gasteiger partial charge in [0.05, 0.1) is 5.69 Å². The molecule has 28 heavy (non-hydrogen) atoms. The van der Waals surface area contributed by atoms with Crippen LogP contribution in [-0.4, -0.2) is 23.6 Å². The van der Waals surface area contributed by atoms with Crippen molar-refractivity contribution in [1.82, 2.24) is 0 Å². The molecule has 7 heteroatoms. The van der Waals surface area contributed by atoms with Gasteiger partial charge in [-0.2, -0.15) is 0 Å². The van der Waals surface area contributed by atoms with Crippen LogP contribution in [0.2, 0.25) is 0 Å². The molecule has 0 fully saturated rings. The van der Waals surface area contributed by atoms with E-state index in [1.165, 1.54) is 11.8 Å². The van der Waals surface area contributed by atoms with Gasteiger partial charge in [0.2, 0.25) is 6.79 Å². The second-order valence-electron chi connectivity index (χ2n) is 6.32. The van der Waals surface area contributed by atoms with E-state index in [4.69, 9.17) is 21.1 Å². The molecule has 0 aromatic heterocycles. The number of anilines is 1. The zero-order chi connectivity index (χ0) is 19.7. The summed E-state index contributed by atoms with van der Waals surface area (Å²) in [5, 5.41) is 1.07. The Bertz CT molecular complexity index is 1010. The fourth-order valence-electron chi connectivity index (χ4n) is 2.82. The van der Waals surface area contributed by atoms with Gasteiger partial charge in [0.15, 0.2) is 16.7 Å². The number of rotatable bonds is 4. The highest BCUT2D eigenvalue weighted by Crippen LogP contribution is 2.35. The van der Waals surface area contributed by atoms with E-state index in [2.05, 4.69) is 11.6 Å². The molecule has 1 amide bonds. The van der Waals surface area contributed by atoms with Gasteiger partial charge in [-0.25, -0.2) is 4.99 Å². The third-order valence-corrected chi connectivity index (χ3v) is 5.50. The normalized spacial score (nSPS) is 16.6. The van der Waals surface area contributed by atoms with E-state index in [9.17, 15) is 4.79 Å². The maximum Gasteiger partial charge on any atom is 0.283 e. The van der Waals surface area contributed by atoms with Crippen molar-refractivity contribution < 1.29 is 14.3 Å². The van der Waals surface area contributed by atoms with Gasteiger partial charge in [-0.1, -0.05) is 53.7 Å². The molecule has 4 rings (SSSR count). The van der Waals surface area contributed by atoms with Gasteiger partial charge in [0.1, 0.15) is 5.70 Å². The van der Waals surface area contributed by atoms with Gasteiger partial charge in [-0.15, -0.1) is 0 Å². The molecular weight excluding hydrogens is 396 g/mol. The summed E-state index contributed by atoms with van der Waals surface area (Å²) in [5.74, 6) is 1.63. The first kappa shape index (κ1) is 18.7. The van der Waals surface area contributed by atoms with E-state index in [0.717, 1.165) is 16.8 Å². The molecule has 142 valence electrons. The van der Waals surface area contributed by atoms with Gasteiger partial charge in [0.25, 0.3) is 5.91 Å². The van der Waals surface area contributed by atoms with Crippen LogP contribution >= 0.6 is 23.4 Å². The minimum atomic E-state index is -0.191. The van der Waals surface area contributed by atoms with Crippen LogP contribution in [0.4, 0.5) is 5.69 Å². The Morgan fingerprint density at radius 3 is 2.75 bits per heavy atom. The summed E-state index contributed by atoms with van der Waals surface area (Å²) >= 11 is 7.29. The zero-order valence-corrected chi connectivity index (χ0v) is 16.7. The van der Waals surface area contributed by atoms with Crippen molar-refractivity contribution in [3.8, 4) is 11.5 Å². The average molecular weight is 413 g/mol. The summed E-state index contributed by atoms with van der Waals surface area (Å²) in [6.45, 7) is 5.92. The van der Waals surface area contributed by atoms with Crippen LogP contribution in [0.1, 0.15) is 11.1 Å². The average Bonchev–Trinajstić information content (AvgIpc) is 3.25. The third-order valence-electron chi connectivity index (χ3n) is 4.18. The van der Waals surface area contributed by atoms with E-state index in [1.54, 1.807) is 11.0 Å². The van der Waals surface area contributed by atoms with Crippen LogP contribution in [0.25, 0.3) is 6.08 Å². The van der Waals surface area contributed by atoms with Crippen molar-refractivity contribution in [2.45, 2.75) is 6.92 Å². The fourth-order valence-corrected chi connectivity index (χ4v) is 3.75. The Balaban J connectivity index is 1.68. The number of carbonyl (C=O) groups is 1. The molecule has 5 nitrogen and oxygen atoms in total. The first-order valence-electron chi connectivity index (χ1n) is 8.58. The first-order chi connectivity index (χ1) is 13.5. The molecule has 0 N–H and O–H groups in total. The molecule has 0 aliphatic carbocycles. The molecular formula is C21H17ClN2O3S. The lowest BCUT2D eigenvalue weighted by atomic mass is 10.1. The molecule has 0 spiro atoms. The summed E-state index contributed by atoms with van der Waals surface area (Å²) in [5.41, 5.74) is 3.04. The summed E-state index contributed by atoms with van der Waals surface area (Å²) in [6, 6.07) is 13.3. The van der Waals surface area contributed by atoms with Crippen molar-refractivity contribution in [3.05, 3.63) is 70.9 Å². The molecule has 2 aliphatic rings. The molecule has 0 atom stereocenters. The second kappa shape index (κ2) is 7.73. The lowest BCUT2D eigenvalue weighted by molar-refractivity contribution is -0.113. The molecule has 0 radical (unpaired) electrons. The Morgan fingerprint density at radius 1 is 1.25 bits per heavy atom. The highest BCUT2D eigenvalue weighted by atomic mass is 35.5. The van der Waals surface area contributed by atoms with Crippen LogP contribution in [0.15, 0.2) is 64.8 Å². The van der Waals surface area contributed by atoms with Crippen molar-refractivity contribution in [2.24, 2.45) is 4.99 Å². The summed E-state index contributed by atoms with van der Waals surface area (Å²) in [7, 11) is 0. The minimum Gasteiger partial charge on any atom is -0.454 e. The number of amides is 1. The quantitative estimate of drug-likeness (QED) is 0.666. The van der Waals surface area contributed by atoms with Crippen molar-refractivity contribution in [3.63, 3.8) is 0 Å². The topological polar surface area (TPSA) is 51.1 Å². The third kappa shape index (κ3) is 3.79. The Labute approximate surface area is 172 Å². The summed E-state index contributed by atoms with van der Waals surface area (Å²) < 4.78 is 10.7. The van der Waals surface area contributed by atoms with Crippen LogP contribution < -0.4 is 14.4 Å². The molecule has 2 aromatic rings. The first-order valence-corrected chi connectivity index (χ1v) is 9.95. The summed E-state index contributed by atoms with van der Waals surface area (Å²) in [6.07, 6.45) is 1.74. The molecule has 2 aromatic carbocycles. The lowest BCUT2D eigenvalue weighted by Gasteiger charge is -2.17. The van der Waals surface area contributed by atoms with E-state index in [0.29, 0.717) is 33.1 Å². The summed E-state index contributed by atoms with van der Waals surface area (Å²) in [4.78, 5) is 19.3. The van der Waals surface area contributed by atoms with Gasteiger partial charge < -0.3 is 9.47 Å². The maximum absolute atomic E-state index is 13.1. The highest BCUT2D eigenvalue weighted by Gasteiger charge is 2.32. The van der Waals surface area contributed by atoms with Crippen LogP contribution in [0.3, 0.4) is 0 Å². The molecule has 0 saturated heterocycles. The number of ether oxygens (including phenoxy) is 2. The van der Waals surface area contributed by atoms with Crippen LogP contribution in [0.5, 0.6) is 11.5 Å². The van der Waals surface area contributed by atoms with E-state index >= 15 is 0 Å². The maximum atomic E-state index is 13.1. The number of carbonyl (C=O) groups excluding carboxylic acids is 1. The van der Waals surface area contributed by atoms with Crippen molar-refractivity contribution in [1.29, 1.82) is 0 Å². The zero-order valence-electron chi connectivity index (χ0n) is 15.1. The monoisotopic (exact) mass is 412 g/mol. The Hall–Kier alpha value is -2.70. The number of fused-ring (bicyclic) bond motifs is 1. The van der Waals surface area contributed by atoms with Crippen molar-refractivity contribution >= 4 is 46.2 Å². The van der Waals surface area contributed by atoms with Crippen molar-refractivity contribution in [2.75, 3.05) is 17.4 Å². The van der Waals surface area contributed by atoms with Gasteiger partial charge in [0, 0.05) is 10.8 Å². The molecule has 2 aliphatic heterocycles. The van der Waals surface area contributed by atoms with Gasteiger partial charge >= 0.3 is 0 Å². The number of nitrogens with zero attached hydrogens (tertiary/aromatic N) is 2. The molecule has 2 heterocycles. The molecule has 0 saturated carbocycles.